The van der Waals surface area contributed by atoms with Crippen LogP contribution in [0.15, 0.2) is 48.5 Å². The number of nitrogens with one attached hydrogen (secondary N) is 2. The molecule has 1 amide bonds. The number of carbonyl (C=O) groups excluding carboxylic acids is 1. The SMILES string of the molecule is Cc1cccc2sc(N(Cc3ccccc3)C(=O)C[NH+]3CC[NH+](C)CC3)nc12. The Morgan fingerprint density at radius 3 is 2.54 bits per heavy atom. The number of nitrogens with zero attached hydrogens (tertiary/aromatic N) is 2. The van der Waals surface area contributed by atoms with Crippen LogP contribution in [0.2, 0.25) is 0 Å². The summed E-state index contributed by atoms with van der Waals surface area (Å²) in [5.41, 5.74) is 3.29. The molecule has 1 aromatic heterocycles. The summed E-state index contributed by atoms with van der Waals surface area (Å²) in [6.45, 7) is 7.53. The number of fused-ring (bicyclic) bond motifs is 1. The quantitative estimate of drug-likeness (QED) is 0.662. The van der Waals surface area contributed by atoms with Gasteiger partial charge in [0.15, 0.2) is 11.7 Å². The molecule has 28 heavy (non-hydrogen) atoms. The van der Waals surface area contributed by atoms with Crippen LogP contribution in [-0.2, 0) is 11.3 Å². The molecule has 0 radical (unpaired) electrons. The van der Waals surface area contributed by atoms with E-state index in [9.17, 15) is 4.79 Å². The maximum absolute atomic E-state index is 13.3. The Morgan fingerprint density at radius 1 is 1.07 bits per heavy atom. The van der Waals surface area contributed by atoms with Gasteiger partial charge in [0.2, 0.25) is 0 Å². The molecule has 4 rings (SSSR count). The lowest BCUT2D eigenvalue weighted by atomic mass is 10.2. The van der Waals surface area contributed by atoms with Crippen molar-refractivity contribution in [1.82, 2.24) is 4.98 Å². The van der Waals surface area contributed by atoms with Gasteiger partial charge in [0.1, 0.15) is 26.2 Å². The van der Waals surface area contributed by atoms with Gasteiger partial charge in [-0.3, -0.25) is 9.69 Å². The molecule has 0 atom stereocenters. The first-order valence-electron chi connectivity index (χ1n) is 9.95. The largest absolute Gasteiger partial charge is 0.328 e. The molecule has 0 saturated carbocycles. The Kier molecular flexibility index (Phi) is 5.71. The first kappa shape index (κ1) is 19.1. The second-order valence-electron chi connectivity index (χ2n) is 7.77. The summed E-state index contributed by atoms with van der Waals surface area (Å²) in [4.78, 5) is 23.0. The number of likely N-dealkylation sites (N-methyl/N-ethyl adjacent to an activating group) is 1. The lowest BCUT2D eigenvalue weighted by molar-refractivity contribution is -1.000. The maximum atomic E-state index is 13.3. The number of aromatic nitrogens is 1. The van der Waals surface area contributed by atoms with Crippen LogP contribution in [0.3, 0.4) is 0 Å². The Morgan fingerprint density at radius 2 is 1.82 bits per heavy atom. The summed E-state index contributed by atoms with van der Waals surface area (Å²) in [7, 11) is 2.23. The van der Waals surface area contributed by atoms with Crippen LogP contribution < -0.4 is 14.7 Å². The van der Waals surface area contributed by atoms with Crippen LogP contribution in [0.5, 0.6) is 0 Å². The van der Waals surface area contributed by atoms with E-state index in [0.29, 0.717) is 13.1 Å². The normalized spacial score (nSPS) is 19.6. The molecule has 5 nitrogen and oxygen atoms in total. The lowest BCUT2D eigenvalue weighted by Gasteiger charge is -2.28. The zero-order valence-corrected chi connectivity index (χ0v) is 17.4. The molecular weight excluding hydrogens is 368 g/mol. The molecule has 2 aromatic carbocycles. The fourth-order valence-corrected chi connectivity index (χ4v) is 4.79. The molecule has 0 spiro atoms. The second kappa shape index (κ2) is 8.39. The van der Waals surface area contributed by atoms with Crippen molar-refractivity contribution in [2.24, 2.45) is 0 Å². The zero-order valence-electron chi connectivity index (χ0n) is 16.6. The Labute approximate surface area is 170 Å². The number of para-hydroxylation sites is 1. The van der Waals surface area contributed by atoms with E-state index in [-0.39, 0.29) is 5.91 Å². The summed E-state index contributed by atoms with van der Waals surface area (Å²) in [6.07, 6.45) is 0. The van der Waals surface area contributed by atoms with E-state index in [1.165, 1.54) is 4.90 Å². The fourth-order valence-electron chi connectivity index (χ4n) is 3.73. The minimum atomic E-state index is 0.162. The van der Waals surface area contributed by atoms with Gasteiger partial charge in [0.25, 0.3) is 5.91 Å². The van der Waals surface area contributed by atoms with Gasteiger partial charge in [0, 0.05) is 0 Å². The summed E-state index contributed by atoms with van der Waals surface area (Å²) < 4.78 is 1.14. The minimum absolute atomic E-state index is 0.162. The van der Waals surface area contributed by atoms with Gasteiger partial charge in [-0.25, -0.2) is 4.98 Å². The fraction of sp³-hybridized carbons (Fsp3) is 0.364. The summed E-state index contributed by atoms with van der Waals surface area (Å²) in [5, 5.41) is 0.803. The molecule has 6 heteroatoms. The van der Waals surface area contributed by atoms with E-state index in [2.05, 4.69) is 44.3 Å². The molecule has 1 fully saturated rings. The molecule has 1 aliphatic rings. The molecule has 0 aliphatic carbocycles. The van der Waals surface area contributed by atoms with Gasteiger partial charge in [0.05, 0.1) is 23.8 Å². The van der Waals surface area contributed by atoms with E-state index >= 15 is 0 Å². The van der Waals surface area contributed by atoms with E-state index in [4.69, 9.17) is 4.98 Å². The van der Waals surface area contributed by atoms with Crippen molar-refractivity contribution >= 4 is 32.6 Å². The van der Waals surface area contributed by atoms with E-state index < -0.39 is 0 Å². The number of hydrogen-bond acceptors (Lipinski definition) is 3. The number of amides is 1. The molecule has 2 heterocycles. The van der Waals surface area contributed by atoms with Gasteiger partial charge in [-0.1, -0.05) is 53.8 Å². The predicted octanol–water partition coefficient (Wildman–Crippen LogP) is 0.551. The number of quaternary nitrogens is 2. The third-order valence-corrected chi connectivity index (χ3v) is 6.58. The first-order chi connectivity index (χ1) is 13.6. The Balaban J connectivity index is 1.61. The van der Waals surface area contributed by atoms with E-state index in [1.807, 2.05) is 23.1 Å². The molecular formula is C22H28N4OS+2. The molecule has 146 valence electrons. The first-order valence-corrected chi connectivity index (χ1v) is 10.8. The van der Waals surface area contributed by atoms with Crippen LogP contribution >= 0.6 is 11.3 Å². The monoisotopic (exact) mass is 396 g/mol. The lowest BCUT2D eigenvalue weighted by Crippen LogP contribution is -3.27. The highest BCUT2D eigenvalue weighted by Crippen LogP contribution is 2.31. The van der Waals surface area contributed by atoms with Gasteiger partial charge in [-0.2, -0.15) is 0 Å². The smallest absolute Gasteiger partial charge is 0.284 e. The number of rotatable bonds is 5. The number of benzene rings is 2. The zero-order chi connectivity index (χ0) is 19.5. The molecule has 2 N–H and O–H groups in total. The van der Waals surface area contributed by atoms with Crippen LogP contribution in [0.4, 0.5) is 5.13 Å². The predicted molar refractivity (Wildman–Crippen MR) is 114 cm³/mol. The summed E-state index contributed by atoms with van der Waals surface area (Å²) in [6, 6.07) is 16.4. The van der Waals surface area contributed by atoms with Gasteiger partial charge in [-0.05, 0) is 24.1 Å². The standard InChI is InChI=1S/C22H26N4OS/c1-17-7-6-10-19-21(17)23-22(28-19)26(15-18-8-4-3-5-9-18)20(27)16-25-13-11-24(2)12-14-25/h3-10H,11-16H2,1-2H3/p+2. The topological polar surface area (TPSA) is 42.1 Å². The number of aryl methyl sites for hydroxylation is 1. The van der Waals surface area contributed by atoms with Crippen molar-refractivity contribution in [1.29, 1.82) is 0 Å². The number of hydrogen-bond donors (Lipinski definition) is 2. The molecule has 1 saturated heterocycles. The molecule has 1 aliphatic heterocycles. The highest BCUT2D eigenvalue weighted by Gasteiger charge is 2.27. The van der Waals surface area contributed by atoms with Crippen LogP contribution in [-0.4, -0.2) is 50.7 Å². The highest BCUT2D eigenvalue weighted by molar-refractivity contribution is 7.22. The average molecular weight is 397 g/mol. The summed E-state index contributed by atoms with van der Waals surface area (Å²) in [5.74, 6) is 0.162. The minimum Gasteiger partial charge on any atom is -0.328 e. The van der Waals surface area contributed by atoms with E-state index in [1.54, 1.807) is 16.2 Å². The van der Waals surface area contributed by atoms with Crippen molar-refractivity contribution < 1.29 is 14.6 Å². The van der Waals surface area contributed by atoms with Crippen molar-refractivity contribution in [2.45, 2.75) is 13.5 Å². The highest BCUT2D eigenvalue weighted by atomic mass is 32.1. The third kappa shape index (κ3) is 4.24. The summed E-state index contributed by atoms with van der Waals surface area (Å²) >= 11 is 1.61. The van der Waals surface area contributed by atoms with Crippen LogP contribution in [0.25, 0.3) is 10.2 Å². The van der Waals surface area contributed by atoms with Crippen molar-refractivity contribution in [2.75, 3.05) is 44.7 Å². The number of piperazine rings is 1. The maximum Gasteiger partial charge on any atom is 0.284 e. The molecule has 0 unspecified atom stereocenters. The van der Waals surface area contributed by atoms with Crippen molar-refractivity contribution in [3.63, 3.8) is 0 Å². The van der Waals surface area contributed by atoms with Crippen molar-refractivity contribution in [3.8, 4) is 0 Å². The number of anilines is 1. The second-order valence-corrected chi connectivity index (χ2v) is 8.78. The van der Waals surface area contributed by atoms with Crippen LogP contribution in [0, 0.1) is 6.92 Å². The third-order valence-electron chi connectivity index (χ3n) is 5.54. The van der Waals surface area contributed by atoms with Gasteiger partial charge in [-0.15, -0.1) is 0 Å². The average Bonchev–Trinajstić information content (AvgIpc) is 3.14. The van der Waals surface area contributed by atoms with Crippen LogP contribution in [0.1, 0.15) is 11.1 Å². The molecule has 3 aromatic rings. The van der Waals surface area contributed by atoms with Gasteiger partial charge >= 0.3 is 0 Å². The van der Waals surface area contributed by atoms with Crippen molar-refractivity contribution in [3.05, 3.63) is 59.7 Å². The Bertz CT molecular complexity index is 948. The molecule has 0 bridgehead atoms. The number of carbonyl (C=O) groups is 1. The number of thiazole rings is 1. The van der Waals surface area contributed by atoms with Gasteiger partial charge < -0.3 is 9.80 Å². The van der Waals surface area contributed by atoms with E-state index in [0.717, 1.165) is 52.7 Å². The Hall–Kier alpha value is -2.28.